The number of carbonyl (C=O) groups is 1. The monoisotopic (exact) mass is 475 g/mol. The first-order chi connectivity index (χ1) is 16.2. The highest BCUT2D eigenvalue weighted by atomic mass is 35.5. The van der Waals surface area contributed by atoms with Gasteiger partial charge < -0.3 is 19.2 Å². The molecule has 0 saturated carbocycles. The number of benzene rings is 1. The SMILES string of the molecule is C=C1c2ccc(Cl)cc2C(C)(C)N1c1cncc(N2CC3(CN(C(=O)c4cnoc4C)C3)C2)c1. The van der Waals surface area contributed by atoms with E-state index in [1.165, 1.54) is 11.8 Å². The van der Waals surface area contributed by atoms with Crippen molar-refractivity contribution in [2.24, 2.45) is 5.41 Å². The van der Waals surface area contributed by atoms with Crippen molar-refractivity contribution >= 4 is 34.6 Å². The second-order valence-corrected chi connectivity index (χ2v) is 10.7. The van der Waals surface area contributed by atoms with E-state index >= 15 is 0 Å². The minimum atomic E-state index is -0.289. The Hall–Kier alpha value is -3.32. The number of likely N-dealkylation sites (tertiary alicyclic amines) is 1. The molecule has 2 aromatic heterocycles. The summed E-state index contributed by atoms with van der Waals surface area (Å²) in [4.78, 5) is 23.7. The zero-order chi connectivity index (χ0) is 23.8. The smallest absolute Gasteiger partial charge is 0.259 e. The van der Waals surface area contributed by atoms with Crippen LogP contribution >= 0.6 is 11.6 Å². The lowest BCUT2D eigenvalue weighted by Crippen LogP contribution is -2.73. The molecule has 5 heterocycles. The summed E-state index contributed by atoms with van der Waals surface area (Å²) in [5.74, 6) is 0.570. The van der Waals surface area contributed by atoms with Gasteiger partial charge in [-0.05, 0) is 44.5 Å². The Morgan fingerprint density at radius 3 is 2.53 bits per heavy atom. The summed E-state index contributed by atoms with van der Waals surface area (Å²) in [6.45, 7) is 13.8. The summed E-state index contributed by atoms with van der Waals surface area (Å²) >= 11 is 6.30. The summed E-state index contributed by atoms with van der Waals surface area (Å²) < 4.78 is 5.04. The van der Waals surface area contributed by atoms with Gasteiger partial charge in [-0.15, -0.1) is 0 Å². The molecule has 1 spiro atoms. The average molecular weight is 476 g/mol. The molecule has 3 aromatic rings. The highest BCUT2D eigenvalue weighted by Gasteiger charge is 2.53. The normalized spacial score (nSPS) is 19.8. The Labute approximate surface area is 203 Å². The third kappa shape index (κ3) is 2.99. The van der Waals surface area contributed by atoms with Gasteiger partial charge in [-0.25, -0.2) is 0 Å². The molecule has 0 bridgehead atoms. The molecule has 2 fully saturated rings. The van der Waals surface area contributed by atoms with E-state index in [1.807, 2.05) is 35.5 Å². The van der Waals surface area contributed by atoms with Crippen molar-refractivity contribution in [1.29, 1.82) is 0 Å². The van der Waals surface area contributed by atoms with Gasteiger partial charge in [0.25, 0.3) is 5.91 Å². The molecule has 3 aliphatic heterocycles. The number of nitrogens with zero attached hydrogens (tertiary/aromatic N) is 5. The van der Waals surface area contributed by atoms with Crippen LogP contribution in [0.15, 0.2) is 54.0 Å². The number of hydrogen-bond acceptors (Lipinski definition) is 6. The van der Waals surface area contributed by atoms with Crippen molar-refractivity contribution in [2.45, 2.75) is 26.3 Å². The van der Waals surface area contributed by atoms with Crippen molar-refractivity contribution in [3.8, 4) is 0 Å². The number of hydrogen-bond donors (Lipinski definition) is 0. The number of amides is 1. The van der Waals surface area contributed by atoms with Crippen LogP contribution in [0.25, 0.3) is 5.70 Å². The average Bonchev–Trinajstić information content (AvgIpc) is 3.25. The molecule has 8 heteroatoms. The number of aromatic nitrogens is 2. The van der Waals surface area contributed by atoms with Crippen LogP contribution in [0.3, 0.4) is 0 Å². The number of halogens is 1. The van der Waals surface area contributed by atoms with E-state index < -0.39 is 0 Å². The minimum Gasteiger partial charge on any atom is -0.369 e. The van der Waals surface area contributed by atoms with Crippen LogP contribution in [0.2, 0.25) is 5.02 Å². The third-order valence-electron chi connectivity index (χ3n) is 7.49. The van der Waals surface area contributed by atoms with Crippen LogP contribution in [-0.2, 0) is 5.54 Å². The Balaban J connectivity index is 1.17. The largest absolute Gasteiger partial charge is 0.369 e. The van der Waals surface area contributed by atoms with Gasteiger partial charge in [-0.1, -0.05) is 29.4 Å². The molecular formula is C26H26ClN5O2. The molecule has 6 rings (SSSR count). The van der Waals surface area contributed by atoms with E-state index in [4.69, 9.17) is 16.1 Å². The highest BCUT2D eigenvalue weighted by Crippen LogP contribution is 2.49. The fraction of sp³-hybridized carbons (Fsp3) is 0.346. The van der Waals surface area contributed by atoms with Gasteiger partial charge in [0.2, 0.25) is 0 Å². The molecule has 2 saturated heterocycles. The minimum absolute atomic E-state index is 0.000866. The quantitative estimate of drug-likeness (QED) is 0.546. The van der Waals surface area contributed by atoms with Crippen molar-refractivity contribution in [3.05, 3.63) is 76.9 Å². The van der Waals surface area contributed by atoms with E-state index in [0.717, 1.165) is 53.8 Å². The maximum absolute atomic E-state index is 12.7. The molecular weight excluding hydrogens is 450 g/mol. The molecule has 0 N–H and O–H groups in total. The maximum atomic E-state index is 12.7. The maximum Gasteiger partial charge on any atom is 0.259 e. The lowest BCUT2D eigenvalue weighted by molar-refractivity contribution is -0.0106. The van der Waals surface area contributed by atoms with Gasteiger partial charge in [0, 0.05) is 47.9 Å². The fourth-order valence-electron chi connectivity index (χ4n) is 5.77. The predicted molar refractivity (Wildman–Crippen MR) is 132 cm³/mol. The highest BCUT2D eigenvalue weighted by molar-refractivity contribution is 6.30. The molecule has 0 radical (unpaired) electrons. The second kappa shape index (κ2) is 7.09. The van der Waals surface area contributed by atoms with Crippen LogP contribution in [0.1, 0.15) is 41.1 Å². The van der Waals surface area contributed by atoms with Crippen LogP contribution in [0.4, 0.5) is 11.4 Å². The summed E-state index contributed by atoms with van der Waals surface area (Å²) in [6, 6.07) is 8.17. The molecule has 7 nitrogen and oxygen atoms in total. The number of carbonyl (C=O) groups excluding carboxylic acids is 1. The summed E-state index contributed by atoms with van der Waals surface area (Å²) in [5, 5.41) is 4.45. The first-order valence-corrected chi connectivity index (χ1v) is 11.8. The van der Waals surface area contributed by atoms with Crippen molar-refractivity contribution in [3.63, 3.8) is 0 Å². The molecule has 1 aromatic carbocycles. The molecule has 0 aliphatic carbocycles. The zero-order valence-corrected chi connectivity index (χ0v) is 20.3. The number of fused-ring (bicyclic) bond motifs is 1. The van der Waals surface area contributed by atoms with Crippen LogP contribution in [0, 0.1) is 12.3 Å². The molecule has 174 valence electrons. The molecule has 0 atom stereocenters. The fourth-order valence-corrected chi connectivity index (χ4v) is 5.94. The molecule has 1 amide bonds. The van der Waals surface area contributed by atoms with Crippen molar-refractivity contribution < 1.29 is 9.32 Å². The van der Waals surface area contributed by atoms with Gasteiger partial charge in [-0.3, -0.25) is 9.78 Å². The van der Waals surface area contributed by atoms with Crippen LogP contribution in [-0.4, -0.2) is 47.1 Å². The van der Waals surface area contributed by atoms with Gasteiger partial charge in [0.1, 0.15) is 11.3 Å². The summed E-state index contributed by atoms with van der Waals surface area (Å²) in [6.07, 6.45) is 5.31. The van der Waals surface area contributed by atoms with E-state index in [9.17, 15) is 4.79 Å². The van der Waals surface area contributed by atoms with Crippen LogP contribution < -0.4 is 9.80 Å². The number of aryl methyl sites for hydroxylation is 1. The Morgan fingerprint density at radius 2 is 1.82 bits per heavy atom. The molecule has 0 unspecified atom stereocenters. The first-order valence-electron chi connectivity index (χ1n) is 11.4. The summed E-state index contributed by atoms with van der Waals surface area (Å²) in [5.41, 5.74) is 5.75. The zero-order valence-electron chi connectivity index (χ0n) is 19.5. The topological polar surface area (TPSA) is 65.7 Å². The van der Waals surface area contributed by atoms with E-state index in [2.05, 4.69) is 46.4 Å². The number of rotatable bonds is 3. The van der Waals surface area contributed by atoms with Crippen molar-refractivity contribution in [1.82, 2.24) is 15.0 Å². The van der Waals surface area contributed by atoms with Crippen molar-refractivity contribution in [2.75, 3.05) is 36.0 Å². The predicted octanol–water partition coefficient (Wildman–Crippen LogP) is 4.72. The Kier molecular flexibility index (Phi) is 4.43. The third-order valence-corrected chi connectivity index (χ3v) is 7.72. The van der Waals surface area contributed by atoms with Crippen LogP contribution in [0.5, 0.6) is 0 Å². The molecule has 3 aliphatic rings. The van der Waals surface area contributed by atoms with E-state index in [1.54, 1.807) is 6.92 Å². The van der Waals surface area contributed by atoms with E-state index in [0.29, 0.717) is 11.3 Å². The number of anilines is 2. The lowest BCUT2D eigenvalue weighted by Gasteiger charge is -2.60. The van der Waals surface area contributed by atoms with E-state index in [-0.39, 0.29) is 16.9 Å². The lowest BCUT2D eigenvalue weighted by atomic mass is 9.72. The Morgan fingerprint density at radius 1 is 1.09 bits per heavy atom. The summed E-state index contributed by atoms with van der Waals surface area (Å²) in [7, 11) is 0. The Bertz CT molecular complexity index is 1330. The molecule has 34 heavy (non-hydrogen) atoms. The van der Waals surface area contributed by atoms with Gasteiger partial charge >= 0.3 is 0 Å². The first kappa shape index (κ1) is 21.2. The van der Waals surface area contributed by atoms with Gasteiger partial charge in [-0.2, -0.15) is 0 Å². The standard InChI is InChI=1S/C26H26ClN5O2/c1-16-21-6-5-18(27)7-23(21)25(3,4)32(16)20-8-19(9-28-10-20)30-12-26(13-30)14-31(15-26)24(33)22-11-29-34-17(22)2/h5-11H,1,12-15H2,2-4H3. The second-order valence-electron chi connectivity index (χ2n) is 10.2. The van der Waals surface area contributed by atoms with Gasteiger partial charge in [0.05, 0.1) is 35.5 Å². The number of pyridine rings is 1. The van der Waals surface area contributed by atoms with Gasteiger partial charge in [0.15, 0.2) is 0 Å².